The summed E-state index contributed by atoms with van der Waals surface area (Å²) in [6.45, 7) is 1.74. The van der Waals surface area contributed by atoms with Crippen molar-refractivity contribution in [2.75, 3.05) is 0 Å². The van der Waals surface area contributed by atoms with Crippen molar-refractivity contribution < 1.29 is 13.9 Å². The lowest BCUT2D eigenvalue weighted by Crippen LogP contribution is -2.14. The fraction of sp³-hybridized carbons (Fsp3) is 0.0833. The molecular formula is C24H17ClO4. The molecule has 1 unspecified atom stereocenters. The van der Waals surface area contributed by atoms with Gasteiger partial charge in [0.25, 0.3) is 0 Å². The Morgan fingerprint density at radius 2 is 1.62 bits per heavy atom. The Morgan fingerprint density at radius 1 is 0.966 bits per heavy atom. The van der Waals surface area contributed by atoms with Gasteiger partial charge in [-0.25, -0.2) is 4.79 Å². The van der Waals surface area contributed by atoms with Crippen LogP contribution in [0.2, 0.25) is 0 Å². The van der Waals surface area contributed by atoms with E-state index in [9.17, 15) is 9.59 Å². The van der Waals surface area contributed by atoms with Crippen molar-refractivity contribution in [3.63, 3.8) is 0 Å². The van der Waals surface area contributed by atoms with Gasteiger partial charge in [-0.3, -0.25) is 4.79 Å². The number of rotatable bonds is 4. The zero-order valence-corrected chi connectivity index (χ0v) is 16.3. The van der Waals surface area contributed by atoms with Crippen molar-refractivity contribution in [2.45, 2.75) is 12.3 Å². The normalized spacial score (nSPS) is 11.9. The van der Waals surface area contributed by atoms with E-state index in [-0.39, 0.29) is 11.2 Å². The van der Waals surface area contributed by atoms with Crippen LogP contribution in [0.5, 0.6) is 5.75 Å². The third-order valence-electron chi connectivity index (χ3n) is 4.62. The largest absolute Gasteiger partial charge is 0.460 e. The smallest absolute Gasteiger partial charge is 0.334 e. The van der Waals surface area contributed by atoms with Crippen LogP contribution in [0.1, 0.15) is 16.7 Å². The second-order valence-electron chi connectivity index (χ2n) is 6.58. The summed E-state index contributed by atoms with van der Waals surface area (Å²) in [6.07, 6.45) is 0. The van der Waals surface area contributed by atoms with Crippen LogP contribution in [0.15, 0.2) is 88.1 Å². The molecule has 0 aliphatic rings. The molecule has 0 spiro atoms. The molecule has 0 saturated heterocycles. The summed E-state index contributed by atoms with van der Waals surface area (Å²) < 4.78 is 11.3. The van der Waals surface area contributed by atoms with E-state index in [1.165, 1.54) is 6.07 Å². The summed E-state index contributed by atoms with van der Waals surface area (Å²) in [5.74, 6) is 0.160. The van der Waals surface area contributed by atoms with Gasteiger partial charge in [-0.05, 0) is 30.2 Å². The summed E-state index contributed by atoms with van der Waals surface area (Å²) >= 11 is 6.22. The van der Waals surface area contributed by atoms with Gasteiger partial charge in [-0.1, -0.05) is 60.7 Å². The molecule has 0 saturated carbocycles. The highest BCUT2D eigenvalue weighted by atomic mass is 35.5. The maximum Gasteiger partial charge on any atom is 0.334 e. The van der Waals surface area contributed by atoms with Crippen LogP contribution in [-0.2, 0) is 4.79 Å². The molecule has 144 valence electrons. The molecule has 1 heterocycles. The number of alkyl halides is 1. The first-order valence-corrected chi connectivity index (χ1v) is 9.52. The number of fused-ring (bicyclic) bond motifs is 1. The Morgan fingerprint density at radius 3 is 2.31 bits per heavy atom. The minimum absolute atomic E-state index is 0.132. The first kappa shape index (κ1) is 19.0. The summed E-state index contributed by atoms with van der Waals surface area (Å²) in [5, 5.41) is -0.513. The van der Waals surface area contributed by atoms with Crippen LogP contribution in [0.3, 0.4) is 0 Å². The Balaban J connectivity index is 1.67. The summed E-state index contributed by atoms with van der Waals surface area (Å²) in [4.78, 5) is 25.4. The quantitative estimate of drug-likeness (QED) is 0.250. The third kappa shape index (κ3) is 3.80. The van der Waals surface area contributed by atoms with Crippen molar-refractivity contribution in [3.05, 3.63) is 100 Å². The van der Waals surface area contributed by atoms with Crippen LogP contribution < -0.4 is 10.2 Å². The lowest BCUT2D eigenvalue weighted by molar-refractivity contribution is -0.134. The minimum Gasteiger partial charge on any atom is -0.460 e. The zero-order valence-electron chi connectivity index (χ0n) is 15.6. The van der Waals surface area contributed by atoms with Gasteiger partial charge in [0.2, 0.25) is 5.43 Å². The number of hydrogen-bond donors (Lipinski definition) is 0. The number of carbonyl (C=O) groups is 1. The van der Waals surface area contributed by atoms with Gasteiger partial charge in [0.1, 0.15) is 17.1 Å². The first-order chi connectivity index (χ1) is 14.0. The topological polar surface area (TPSA) is 56.5 Å². The maximum absolute atomic E-state index is 13.0. The second-order valence-corrected chi connectivity index (χ2v) is 7.02. The Bertz CT molecular complexity index is 1230. The van der Waals surface area contributed by atoms with Gasteiger partial charge in [-0.15, -0.1) is 11.6 Å². The van der Waals surface area contributed by atoms with Crippen molar-refractivity contribution in [1.29, 1.82) is 0 Å². The first-order valence-electron chi connectivity index (χ1n) is 9.08. The van der Waals surface area contributed by atoms with Crippen molar-refractivity contribution in [3.8, 4) is 16.9 Å². The molecular weight excluding hydrogens is 388 g/mol. The standard InChI is InChI=1S/C24H17ClO4/c1-15-21(16-8-4-2-5-9-16)23(26)19-13-12-18(14-20(19)28-15)29-24(27)22(25)17-10-6-3-7-11-17/h2-14,22H,1H3. The van der Waals surface area contributed by atoms with E-state index in [0.717, 1.165) is 5.56 Å². The molecule has 1 aromatic heterocycles. The van der Waals surface area contributed by atoms with Gasteiger partial charge >= 0.3 is 5.97 Å². The average molecular weight is 405 g/mol. The van der Waals surface area contributed by atoms with Gasteiger partial charge in [0, 0.05) is 6.07 Å². The molecule has 29 heavy (non-hydrogen) atoms. The highest BCUT2D eigenvalue weighted by molar-refractivity contribution is 6.30. The van der Waals surface area contributed by atoms with Crippen molar-refractivity contribution in [2.24, 2.45) is 0 Å². The van der Waals surface area contributed by atoms with Gasteiger partial charge in [0.05, 0.1) is 10.9 Å². The number of hydrogen-bond acceptors (Lipinski definition) is 4. The summed E-state index contributed by atoms with van der Waals surface area (Å²) in [6, 6.07) is 23.0. The molecule has 5 heteroatoms. The molecule has 0 fully saturated rings. The fourth-order valence-electron chi connectivity index (χ4n) is 3.21. The van der Waals surface area contributed by atoms with Crippen LogP contribution in [-0.4, -0.2) is 5.97 Å². The minimum atomic E-state index is -0.930. The summed E-state index contributed by atoms with van der Waals surface area (Å²) in [5.41, 5.74) is 2.18. The van der Waals surface area contributed by atoms with E-state index in [0.29, 0.717) is 27.9 Å². The van der Waals surface area contributed by atoms with Gasteiger partial charge in [-0.2, -0.15) is 0 Å². The van der Waals surface area contributed by atoms with Crippen molar-refractivity contribution >= 4 is 28.5 Å². The average Bonchev–Trinajstić information content (AvgIpc) is 2.74. The van der Waals surface area contributed by atoms with E-state index < -0.39 is 11.3 Å². The molecule has 0 aliphatic carbocycles. The number of esters is 1. The SMILES string of the molecule is Cc1oc2cc(OC(=O)C(Cl)c3ccccc3)ccc2c(=O)c1-c1ccccc1. The van der Waals surface area contributed by atoms with Crippen LogP contribution in [0.4, 0.5) is 0 Å². The number of ether oxygens (including phenoxy) is 1. The molecule has 0 aliphatic heterocycles. The third-order valence-corrected chi connectivity index (χ3v) is 5.05. The predicted octanol–water partition coefficient (Wildman–Crippen LogP) is 5.65. The highest BCUT2D eigenvalue weighted by Crippen LogP contribution is 2.28. The number of carbonyl (C=O) groups excluding carboxylic acids is 1. The lowest BCUT2D eigenvalue weighted by atomic mass is 10.0. The number of halogens is 1. The highest BCUT2D eigenvalue weighted by Gasteiger charge is 2.20. The molecule has 4 aromatic rings. The second kappa shape index (κ2) is 7.94. The molecule has 4 rings (SSSR count). The molecule has 1 atom stereocenters. The van der Waals surface area contributed by atoms with Crippen LogP contribution in [0, 0.1) is 6.92 Å². The molecule has 0 N–H and O–H groups in total. The van der Waals surface area contributed by atoms with Gasteiger partial charge < -0.3 is 9.15 Å². The van der Waals surface area contributed by atoms with E-state index in [1.54, 1.807) is 43.3 Å². The Hall–Kier alpha value is -3.37. The predicted molar refractivity (Wildman–Crippen MR) is 113 cm³/mol. The van der Waals surface area contributed by atoms with E-state index >= 15 is 0 Å². The Kier molecular flexibility index (Phi) is 5.19. The summed E-state index contributed by atoms with van der Waals surface area (Å²) in [7, 11) is 0. The zero-order chi connectivity index (χ0) is 20.4. The molecule has 3 aromatic carbocycles. The van der Waals surface area contributed by atoms with Crippen LogP contribution >= 0.6 is 11.6 Å². The van der Waals surface area contributed by atoms with Crippen molar-refractivity contribution in [1.82, 2.24) is 0 Å². The molecule has 4 nitrogen and oxygen atoms in total. The van der Waals surface area contributed by atoms with E-state index in [1.807, 2.05) is 36.4 Å². The maximum atomic E-state index is 13.0. The van der Waals surface area contributed by atoms with Crippen LogP contribution in [0.25, 0.3) is 22.1 Å². The fourth-order valence-corrected chi connectivity index (χ4v) is 3.40. The number of benzene rings is 3. The molecule has 0 bridgehead atoms. The van der Waals surface area contributed by atoms with E-state index in [4.69, 9.17) is 20.8 Å². The van der Waals surface area contributed by atoms with Gasteiger partial charge in [0.15, 0.2) is 5.38 Å². The number of aryl methyl sites for hydroxylation is 1. The van der Waals surface area contributed by atoms with E-state index in [2.05, 4.69) is 0 Å². The monoisotopic (exact) mass is 404 g/mol. The lowest BCUT2D eigenvalue weighted by Gasteiger charge is -2.11. The molecule has 0 amide bonds. The Labute approximate surface area is 172 Å². The molecule has 0 radical (unpaired) electrons.